The largest absolute Gasteiger partial charge is 0.271 e. The molecule has 0 spiro atoms. The molecular formula is C9H16F2N2. The van der Waals surface area contributed by atoms with Gasteiger partial charge in [-0.1, -0.05) is 18.1 Å². The van der Waals surface area contributed by atoms with Crippen LogP contribution in [0, 0.1) is 0 Å². The molecule has 3 N–H and O–H groups in total. The standard InChI is InChI=1S/C9H16F2N2/c10-9(11)8(13-12)7-5-3-1-2-4-6-7/h5,8-9,13H,1-4,6,12H2. The van der Waals surface area contributed by atoms with E-state index in [1.54, 1.807) is 0 Å². The lowest BCUT2D eigenvalue weighted by Gasteiger charge is -2.17. The van der Waals surface area contributed by atoms with Crippen molar-refractivity contribution in [3.05, 3.63) is 11.6 Å². The van der Waals surface area contributed by atoms with Crippen LogP contribution in [-0.2, 0) is 0 Å². The van der Waals surface area contributed by atoms with Crippen molar-refractivity contribution in [3.63, 3.8) is 0 Å². The van der Waals surface area contributed by atoms with E-state index in [0.717, 1.165) is 37.7 Å². The highest BCUT2D eigenvalue weighted by Gasteiger charge is 2.23. The van der Waals surface area contributed by atoms with Crippen molar-refractivity contribution < 1.29 is 8.78 Å². The van der Waals surface area contributed by atoms with E-state index in [1.807, 2.05) is 6.08 Å². The SMILES string of the molecule is NNC(C1=CCCCCC1)C(F)F. The summed E-state index contributed by atoms with van der Waals surface area (Å²) in [4.78, 5) is 0. The van der Waals surface area contributed by atoms with Crippen LogP contribution in [0.25, 0.3) is 0 Å². The Morgan fingerprint density at radius 2 is 2.08 bits per heavy atom. The molecular weight excluding hydrogens is 174 g/mol. The van der Waals surface area contributed by atoms with Gasteiger partial charge < -0.3 is 0 Å². The van der Waals surface area contributed by atoms with Crippen LogP contribution in [0.2, 0.25) is 0 Å². The average molecular weight is 190 g/mol. The summed E-state index contributed by atoms with van der Waals surface area (Å²) in [5.41, 5.74) is 2.95. The van der Waals surface area contributed by atoms with E-state index < -0.39 is 12.5 Å². The fourth-order valence-electron chi connectivity index (χ4n) is 1.66. The predicted octanol–water partition coefficient (Wildman–Crippen LogP) is 1.97. The Morgan fingerprint density at radius 1 is 1.31 bits per heavy atom. The van der Waals surface area contributed by atoms with E-state index in [2.05, 4.69) is 5.43 Å². The highest BCUT2D eigenvalue weighted by Crippen LogP contribution is 2.22. The minimum atomic E-state index is -2.41. The first-order valence-electron chi connectivity index (χ1n) is 4.69. The number of nitrogens with one attached hydrogen (secondary N) is 1. The third-order valence-electron chi connectivity index (χ3n) is 2.41. The summed E-state index contributed by atoms with van der Waals surface area (Å²) in [6.45, 7) is 0. The van der Waals surface area contributed by atoms with E-state index in [4.69, 9.17) is 5.84 Å². The number of hydrogen-bond donors (Lipinski definition) is 2. The summed E-state index contributed by atoms with van der Waals surface area (Å²) in [7, 11) is 0. The molecule has 1 atom stereocenters. The van der Waals surface area contributed by atoms with Gasteiger partial charge in [0.25, 0.3) is 6.43 Å². The molecule has 0 radical (unpaired) electrons. The molecule has 1 unspecified atom stereocenters. The van der Waals surface area contributed by atoms with Crippen LogP contribution in [0.1, 0.15) is 32.1 Å². The van der Waals surface area contributed by atoms with Gasteiger partial charge in [0.2, 0.25) is 0 Å². The molecule has 0 saturated heterocycles. The summed E-state index contributed by atoms with van der Waals surface area (Å²) in [6.07, 6.45) is 4.37. The van der Waals surface area contributed by atoms with Gasteiger partial charge in [-0.2, -0.15) is 0 Å². The number of alkyl halides is 2. The number of rotatable bonds is 3. The molecule has 4 heteroatoms. The van der Waals surface area contributed by atoms with Gasteiger partial charge in [-0.3, -0.25) is 5.84 Å². The average Bonchev–Trinajstić information content (AvgIpc) is 2.33. The van der Waals surface area contributed by atoms with Crippen LogP contribution >= 0.6 is 0 Å². The first-order chi connectivity index (χ1) is 6.25. The second-order valence-corrected chi connectivity index (χ2v) is 3.36. The summed E-state index contributed by atoms with van der Waals surface area (Å²) in [5, 5.41) is 0. The molecule has 0 fully saturated rings. The molecule has 0 aromatic carbocycles. The zero-order valence-electron chi connectivity index (χ0n) is 7.60. The first kappa shape index (κ1) is 10.6. The van der Waals surface area contributed by atoms with Gasteiger partial charge in [-0.25, -0.2) is 14.2 Å². The van der Waals surface area contributed by atoms with Gasteiger partial charge in [0, 0.05) is 0 Å². The number of hydrazine groups is 1. The summed E-state index contributed by atoms with van der Waals surface area (Å²) >= 11 is 0. The summed E-state index contributed by atoms with van der Waals surface area (Å²) in [6, 6.07) is -0.946. The Hall–Kier alpha value is -0.480. The molecule has 0 aromatic rings. The minimum absolute atomic E-state index is 0.749. The second kappa shape index (κ2) is 5.29. The van der Waals surface area contributed by atoms with Crippen LogP contribution in [-0.4, -0.2) is 12.5 Å². The van der Waals surface area contributed by atoms with Crippen molar-refractivity contribution in [2.24, 2.45) is 5.84 Å². The van der Waals surface area contributed by atoms with Gasteiger partial charge in [0.15, 0.2) is 0 Å². The molecule has 1 aliphatic rings. The zero-order valence-corrected chi connectivity index (χ0v) is 7.60. The third kappa shape index (κ3) is 3.04. The first-order valence-corrected chi connectivity index (χ1v) is 4.69. The van der Waals surface area contributed by atoms with Crippen molar-refractivity contribution in [1.82, 2.24) is 5.43 Å². The maximum absolute atomic E-state index is 12.4. The van der Waals surface area contributed by atoms with E-state index in [1.165, 1.54) is 0 Å². The van der Waals surface area contributed by atoms with Crippen molar-refractivity contribution in [3.8, 4) is 0 Å². The number of halogens is 2. The Balaban J connectivity index is 2.59. The topological polar surface area (TPSA) is 38.0 Å². The van der Waals surface area contributed by atoms with Gasteiger partial charge in [0.1, 0.15) is 6.04 Å². The van der Waals surface area contributed by atoms with Gasteiger partial charge in [-0.15, -0.1) is 0 Å². The normalized spacial score (nSPS) is 21.1. The lowest BCUT2D eigenvalue weighted by Crippen LogP contribution is -2.41. The van der Waals surface area contributed by atoms with Crippen LogP contribution < -0.4 is 11.3 Å². The van der Waals surface area contributed by atoms with E-state index in [0.29, 0.717) is 0 Å². The van der Waals surface area contributed by atoms with Crippen LogP contribution in [0.15, 0.2) is 11.6 Å². The van der Waals surface area contributed by atoms with Crippen molar-refractivity contribution >= 4 is 0 Å². The number of hydrogen-bond acceptors (Lipinski definition) is 2. The van der Waals surface area contributed by atoms with Gasteiger partial charge in [0.05, 0.1) is 0 Å². The van der Waals surface area contributed by atoms with Crippen molar-refractivity contribution in [1.29, 1.82) is 0 Å². The molecule has 0 aliphatic heterocycles. The summed E-state index contributed by atoms with van der Waals surface area (Å²) in [5.74, 6) is 5.08. The maximum Gasteiger partial charge on any atom is 0.258 e. The van der Waals surface area contributed by atoms with Crippen LogP contribution in [0.5, 0.6) is 0 Å². The van der Waals surface area contributed by atoms with E-state index in [9.17, 15) is 8.78 Å². The van der Waals surface area contributed by atoms with Crippen molar-refractivity contribution in [2.45, 2.75) is 44.6 Å². The molecule has 0 heterocycles. The van der Waals surface area contributed by atoms with Crippen LogP contribution in [0.3, 0.4) is 0 Å². The number of allylic oxidation sites excluding steroid dienone is 1. The highest BCUT2D eigenvalue weighted by molar-refractivity contribution is 5.12. The van der Waals surface area contributed by atoms with E-state index in [-0.39, 0.29) is 0 Å². The third-order valence-corrected chi connectivity index (χ3v) is 2.41. The lowest BCUT2D eigenvalue weighted by atomic mass is 10.0. The Kier molecular flexibility index (Phi) is 4.32. The molecule has 1 aliphatic carbocycles. The highest BCUT2D eigenvalue weighted by atomic mass is 19.3. The minimum Gasteiger partial charge on any atom is -0.271 e. The Labute approximate surface area is 77.2 Å². The van der Waals surface area contributed by atoms with Gasteiger partial charge >= 0.3 is 0 Å². The fourth-order valence-corrected chi connectivity index (χ4v) is 1.66. The molecule has 0 saturated carbocycles. The van der Waals surface area contributed by atoms with Crippen LogP contribution in [0.4, 0.5) is 8.78 Å². The summed E-state index contributed by atoms with van der Waals surface area (Å²) < 4.78 is 24.9. The number of nitrogens with two attached hydrogens (primary N) is 1. The molecule has 13 heavy (non-hydrogen) atoms. The lowest BCUT2D eigenvalue weighted by molar-refractivity contribution is 0.112. The maximum atomic E-state index is 12.4. The molecule has 0 aromatic heterocycles. The molecule has 0 bridgehead atoms. The quantitative estimate of drug-likeness (QED) is 0.405. The smallest absolute Gasteiger partial charge is 0.258 e. The van der Waals surface area contributed by atoms with Gasteiger partial charge in [-0.05, 0) is 25.7 Å². The monoisotopic (exact) mass is 190 g/mol. The zero-order chi connectivity index (χ0) is 9.68. The van der Waals surface area contributed by atoms with E-state index >= 15 is 0 Å². The Bertz CT molecular complexity index is 180. The van der Waals surface area contributed by atoms with Crippen molar-refractivity contribution in [2.75, 3.05) is 0 Å². The second-order valence-electron chi connectivity index (χ2n) is 3.36. The Morgan fingerprint density at radius 3 is 2.69 bits per heavy atom. The molecule has 2 nitrogen and oxygen atoms in total. The molecule has 76 valence electrons. The predicted molar refractivity (Wildman–Crippen MR) is 48.3 cm³/mol. The fraction of sp³-hybridized carbons (Fsp3) is 0.778. The molecule has 0 amide bonds. The molecule has 1 rings (SSSR count).